The van der Waals surface area contributed by atoms with Gasteiger partial charge in [0, 0.05) is 13.2 Å². The molecule has 0 amide bonds. The largest absolute Gasteiger partial charge is 0.325 e. The predicted molar refractivity (Wildman–Crippen MR) is 56.6 cm³/mol. The topological polar surface area (TPSA) is 46.4 Å². The van der Waals surface area contributed by atoms with Gasteiger partial charge in [0.2, 0.25) is 0 Å². The maximum atomic E-state index is 11.3. The molecule has 1 heterocycles. The van der Waals surface area contributed by atoms with E-state index in [9.17, 15) is 10.1 Å². The molecule has 0 aliphatic carbocycles. The van der Waals surface area contributed by atoms with Crippen LogP contribution in [0.15, 0.2) is 42.6 Å². The average Bonchev–Trinajstić information content (AvgIpc) is 2.62. The molecule has 4 heteroatoms. The Balaban J connectivity index is 2.50. The van der Waals surface area contributed by atoms with E-state index in [2.05, 4.69) is 0 Å². The molecule has 1 aliphatic heterocycles. The Labute approximate surface area is 88.0 Å². The molecule has 0 spiro atoms. The average molecular weight is 204 g/mol. The minimum atomic E-state index is -1.11. The SMILES string of the molecule is CN1C=CCC1(c1ccccc1)[N+](=O)[O-]. The van der Waals surface area contributed by atoms with Gasteiger partial charge in [0.1, 0.15) is 0 Å². The van der Waals surface area contributed by atoms with Crippen molar-refractivity contribution in [1.29, 1.82) is 0 Å². The smallest absolute Gasteiger partial charge is 0.313 e. The maximum Gasteiger partial charge on any atom is 0.325 e. The molecule has 0 bridgehead atoms. The van der Waals surface area contributed by atoms with Gasteiger partial charge in [0.05, 0.1) is 16.9 Å². The van der Waals surface area contributed by atoms with Gasteiger partial charge in [0.25, 0.3) is 0 Å². The highest BCUT2D eigenvalue weighted by molar-refractivity contribution is 5.25. The molecule has 0 fully saturated rings. The highest BCUT2D eigenvalue weighted by Gasteiger charge is 2.49. The lowest BCUT2D eigenvalue weighted by molar-refractivity contribution is -0.604. The molecule has 78 valence electrons. The molecule has 1 aromatic carbocycles. The Hall–Kier alpha value is -1.84. The number of nitro groups is 1. The summed E-state index contributed by atoms with van der Waals surface area (Å²) in [4.78, 5) is 12.7. The van der Waals surface area contributed by atoms with Gasteiger partial charge in [-0.2, -0.15) is 0 Å². The fourth-order valence-corrected chi connectivity index (χ4v) is 1.98. The van der Waals surface area contributed by atoms with Crippen LogP contribution in [0, 0.1) is 10.1 Å². The predicted octanol–water partition coefficient (Wildman–Crippen LogP) is 1.97. The van der Waals surface area contributed by atoms with Crippen LogP contribution in [0.4, 0.5) is 0 Å². The summed E-state index contributed by atoms with van der Waals surface area (Å²) in [6, 6.07) is 9.11. The van der Waals surface area contributed by atoms with Crippen molar-refractivity contribution in [2.45, 2.75) is 12.1 Å². The summed E-state index contributed by atoms with van der Waals surface area (Å²) in [6.07, 6.45) is 4.01. The Morgan fingerprint density at radius 2 is 2.07 bits per heavy atom. The van der Waals surface area contributed by atoms with Crippen molar-refractivity contribution in [3.05, 3.63) is 58.3 Å². The first kappa shape index (κ1) is 9.71. The summed E-state index contributed by atoms with van der Waals surface area (Å²) < 4.78 is 0. The zero-order valence-electron chi connectivity index (χ0n) is 8.46. The van der Waals surface area contributed by atoms with E-state index < -0.39 is 5.66 Å². The Bertz CT molecular complexity index is 402. The van der Waals surface area contributed by atoms with Gasteiger partial charge in [-0.3, -0.25) is 10.1 Å². The van der Waals surface area contributed by atoms with Crippen molar-refractivity contribution in [2.24, 2.45) is 0 Å². The van der Waals surface area contributed by atoms with Crippen LogP contribution >= 0.6 is 0 Å². The second-order valence-corrected chi connectivity index (χ2v) is 3.64. The van der Waals surface area contributed by atoms with Gasteiger partial charge < -0.3 is 4.90 Å². The Morgan fingerprint density at radius 3 is 2.53 bits per heavy atom. The lowest BCUT2D eigenvalue weighted by Gasteiger charge is -2.28. The number of hydrogen-bond donors (Lipinski definition) is 0. The second-order valence-electron chi connectivity index (χ2n) is 3.64. The van der Waals surface area contributed by atoms with E-state index in [4.69, 9.17) is 0 Å². The molecule has 1 aromatic rings. The van der Waals surface area contributed by atoms with E-state index in [1.165, 1.54) is 0 Å². The van der Waals surface area contributed by atoms with Crippen LogP contribution in [0.1, 0.15) is 12.0 Å². The number of benzene rings is 1. The van der Waals surface area contributed by atoms with Crippen LogP contribution in [0.25, 0.3) is 0 Å². The van der Waals surface area contributed by atoms with Gasteiger partial charge in [-0.15, -0.1) is 0 Å². The number of nitrogens with zero attached hydrogens (tertiary/aromatic N) is 2. The van der Waals surface area contributed by atoms with E-state index in [1.807, 2.05) is 24.3 Å². The summed E-state index contributed by atoms with van der Waals surface area (Å²) in [5.41, 5.74) is -0.385. The standard InChI is InChI=1S/C11H12N2O2/c1-12-9-5-8-11(12,13(14)15)10-6-3-2-4-7-10/h2-7,9H,8H2,1H3. The number of rotatable bonds is 2. The first-order valence-corrected chi connectivity index (χ1v) is 4.77. The lowest BCUT2D eigenvalue weighted by Crippen LogP contribution is -2.44. The van der Waals surface area contributed by atoms with Crippen LogP contribution in [-0.4, -0.2) is 16.9 Å². The van der Waals surface area contributed by atoms with Crippen molar-refractivity contribution >= 4 is 0 Å². The van der Waals surface area contributed by atoms with Crippen molar-refractivity contribution < 1.29 is 4.92 Å². The van der Waals surface area contributed by atoms with Gasteiger partial charge in [-0.25, -0.2) is 0 Å². The Kier molecular flexibility index (Phi) is 2.19. The fourth-order valence-electron chi connectivity index (χ4n) is 1.98. The first-order valence-electron chi connectivity index (χ1n) is 4.77. The van der Waals surface area contributed by atoms with E-state index in [-0.39, 0.29) is 4.92 Å². The molecule has 2 rings (SSSR count). The Morgan fingerprint density at radius 1 is 1.40 bits per heavy atom. The van der Waals surface area contributed by atoms with Crippen LogP contribution in [0.3, 0.4) is 0 Å². The minimum Gasteiger partial charge on any atom is -0.313 e. The molecular formula is C11H12N2O2. The minimum absolute atomic E-state index is 0.220. The van der Waals surface area contributed by atoms with Crippen molar-refractivity contribution in [3.63, 3.8) is 0 Å². The zero-order valence-corrected chi connectivity index (χ0v) is 8.46. The highest BCUT2D eigenvalue weighted by atomic mass is 16.6. The first-order chi connectivity index (χ1) is 7.18. The summed E-state index contributed by atoms with van der Waals surface area (Å²) in [6.45, 7) is 0. The molecule has 0 N–H and O–H groups in total. The fraction of sp³-hybridized carbons (Fsp3) is 0.273. The van der Waals surface area contributed by atoms with Crippen molar-refractivity contribution in [2.75, 3.05) is 7.05 Å². The van der Waals surface area contributed by atoms with E-state index >= 15 is 0 Å². The highest BCUT2D eigenvalue weighted by Crippen LogP contribution is 2.36. The summed E-state index contributed by atoms with van der Waals surface area (Å²) in [5.74, 6) is 0. The molecule has 0 saturated carbocycles. The zero-order chi connectivity index (χ0) is 10.9. The molecule has 1 aliphatic rings. The molecule has 0 saturated heterocycles. The molecule has 1 atom stereocenters. The maximum absolute atomic E-state index is 11.3. The van der Waals surface area contributed by atoms with Gasteiger partial charge >= 0.3 is 5.66 Å². The van der Waals surface area contributed by atoms with Crippen LogP contribution in [-0.2, 0) is 5.66 Å². The van der Waals surface area contributed by atoms with Crippen molar-refractivity contribution in [1.82, 2.24) is 4.90 Å². The van der Waals surface area contributed by atoms with Gasteiger partial charge in [-0.05, 0) is 12.1 Å². The molecular weight excluding hydrogens is 192 g/mol. The summed E-state index contributed by atoms with van der Waals surface area (Å²) >= 11 is 0. The monoisotopic (exact) mass is 204 g/mol. The lowest BCUT2D eigenvalue weighted by atomic mass is 9.97. The molecule has 0 radical (unpaired) electrons. The van der Waals surface area contributed by atoms with Crippen LogP contribution in [0.2, 0.25) is 0 Å². The molecule has 1 unspecified atom stereocenters. The summed E-state index contributed by atoms with van der Waals surface area (Å²) in [5, 5.41) is 11.3. The molecule has 15 heavy (non-hydrogen) atoms. The van der Waals surface area contributed by atoms with Crippen LogP contribution < -0.4 is 0 Å². The third-order valence-electron chi connectivity index (χ3n) is 2.85. The number of hydrogen-bond acceptors (Lipinski definition) is 3. The van der Waals surface area contributed by atoms with Crippen LogP contribution in [0.5, 0.6) is 0 Å². The second kappa shape index (κ2) is 3.38. The third kappa shape index (κ3) is 1.29. The summed E-state index contributed by atoms with van der Waals surface area (Å²) in [7, 11) is 1.74. The molecule has 4 nitrogen and oxygen atoms in total. The molecule has 0 aromatic heterocycles. The van der Waals surface area contributed by atoms with Gasteiger partial charge in [-0.1, -0.05) is 24.3 Å². The normalized spacial score (nSPS) is 24.5. The van der Waals surface area contributed by atoms with E-state index in [0.717, 1.165) is 5.56 Å². The van der Waals surface area contributed by atoms with E-state index in [1.54, 1.807) is 30.3 Å². The van der Waals surface area contributed by atoms with E-state index in [0.29, 0.717) is 6.42 Å². The van der Waals surface area contributed by atoms with Gasteiger partial charge in [0.15, 0.2) is 0 Å². The third-order valence-corrected chi connectivity index (χ3v) is 2.85. The quantitative estimate of drug-likeness (QED) is 0.546. The van der Waals surface area contributed by atoms with Crippen molar-refractivity contribution in [3.8, 4) is 0 Å².